The molecule has 1 heteroatoms. The lowest BCUT2D eigenvalue weighted by atomic mass is 9.84. The molecule has 0 atom stereocenters. The van der Waals surface area contributed by atoms with Gasteiger partial charge < -0.3 is 0 Å². The van der Waals surface area contributed by atoms with Crippen LogP contribution in [0.3, 0.4) is 0 Å². The summed E-state index contributed by atoms with van der Waals surface area (Å²) in [6.07, 6.45) is 0. The van der Waals surface area contributed by atoms with Crippen LogP contribution in [0.5, 0.6) is 0 Å². The van der Waals surface area contributed by atoms with Crippen LogP contribution in [0.1, 0.15) is 0 Å². The van der Waals surface area contributed by atoms with Crippen molar-refractivity contribution in [1.82, 2.24) is 0 Å². The molecule has 8 rings (SSSR count). The zero-order valence-electron chi connectivity index (χ0n) is 22.6. The molecule has 8 aromatic rings. The van der Waals surface area contributed by atoms with Crippen molar-refractivity contribution in [2.24, 2.45) is 0 Å². The van der Waals surface area contributed by atoms with E-state index in [9.17, 15) is 0 Å². The summed E-state index contributed by atoms with van der Waals surface area (Å²) in [5.74, 6) is 0. The minimum atomic E-state index is 0. The molecular formula is C40H26B. The third kappa shape index (κ3) is 4.10. The molecular weight excluding hydrogens is 491 g/mol. The third-order valence-electron chi connectivity index (χ3n) is 8.25. The zero-order chi connectivity index (χ0) is 26.5. The second kappa shape index (κ2) is 10.1. The zero-order valence-corrected chi connectivity index (χ0v) is 22.6. The van der Waals surface area contributed by atoms with Crippen LogP contribution < -0.4 is 0 Å². The fraction of sp³-hybridized carbons (Fsp3) is 0. The van der Waals surface area contributed by atoms with Crippen LogP contribution in [0.15, 0.2) is 158 Å². The van der Waals surface area contributed by atoms with E-state index in [4.69, 9.17) is 0 Å². The smallest absolute Gasteiger partial charge is 0 e. The summed E-state index contributed by atoms with van der Waals surface area (Å²) in [5, 5.41) is 10.2. The summed E-state index contributed by atoms with van der Waals surface area (Å²) in [6.45, 7) is 0. The Kier molecular flexibility index (Phi) is 6.14. The highest BCUT2D eigenvalue weighted by molar-refractivity contribution is 6.23. The molecule has 0 N–H and O–H groups in total. The van der Waals surface area contributed by atoms with Crippen LogP contribution in [-0.4, -0.2) is 8.41 Å². The average molecular weight is 517 g/mol. The molecule has 0 saturated heterocycles. The van der Waals surface area contributed by atoms with Gasteiger partial charge >= 0.3 is 0 Å². The Bertz CT molecular complexity index is 2140. The lowest BCUT2D eigenvalue weighted by Crippen LogP contribution is -1.91. The molecule has 0 aliphatic rings. The minimum absolute atomic E-state index is 0. The van der Waals surface area contributed by atoms with Gasteiger partial charge in [-0.3, -0.25) is 0 Å². The maximum atomic E-state index is 2.29. The molecule has 0 aliphatic heterocycles. The predicted octanol–water partition coefficient (Wildman–Crippen LogP) is 10.9. The summed E-state index contributed by atoms with van der Waals surface area (Å²) < 4.78 is 0. The Balaban J connectivity index is 0.00000276. The molecule has 0 saturated carbocycles. The van der Waals surface area contributed by atoms with Gasteiger partial charge in [-0.25, -0.2) is 0 Å². The Labute approximate surface area is 242 Å². The Morgan fingerprint density at radius 3 is 1.39 bits per heavy atom. The first-order valence-electron chi connectivity index (χ1n) is 13.9. The van der Waals surface area contributed by atoms with Gasteiger partial charge in [-0.2, -0.15) is 0 Å². The third-order valence-corrected chi connectivity index (χ3v) is 8.25. The highest BCUT2D eigenvalue weighted by Crippen LogP contribution is 2.45. The molecule has 0 heterocycles. The second-order valence-corrected chi connectivity index (χ2v) is 10.5. The van der Waals surface area contributed by atoms with Gasteiger partial charge in [-0.05, 0) is 82.5 Å². The quantitative estimate of drug-likeness (QED) is 0.162. The van der Waals surface area contributed by atoms with Crippen molar-refractivity contribution >= 4 is 51.5 Å². The maximum Gasteiger partial charge on any atom is 0 e. The van der Waals surface area contributed by atoms with Crippen molar-refractivity contribution < 1.29 is 0 Å². The van der Waals surface area contributed by atoms with Gasteiger partial charge in [0.25, 0.3) is 0 Å². The Morgan fingerprint density at radius 2 is 0.732 bits per heavy atom. The van der Waals surface area contributed by atoms with E-state index in [1.165, 1.54) is 76.5 Å². The average Bonchev–Trinajstić information content (AvgIpc) is 3.03. The van der Waals surface area contributed by atoms with E-state index in [-0.39, 0.29) is 8.41 Å². The number of fused-ring (bicyclic) bond motifs is 4. The van der Waals surface area contributed by atoms with E-state index < -0.39 is 0 Å². The van der Waals surface area contributed by atoms with E-state index in [1.807, 2.05) is 0 Å². The Hall–Kier alpha value is -5.14. The largest absolute Gasteiger partial charge is 0.0616 e. The van der Waals surface area contributed by atoms with E-state index in [2.05, 4.69) is 158 Å². The van der Waals surface area contributed by atoms with E-state index >= 15 is 0 Å². The molecule has 0 aliphatic carbocycles. The number of benzene rings is 8. The first-order chi connectivity index (χ1) is 19.8. The molecule has 3 radical (unpaired) electrons. The van der Waals surface area contributed by atoms with Crippen molar-refractivity contribution in [3.8, 4) is 33.4 Å². The predicted molar refractivity (Wildman–Crippen MR) is 179 cm³/mol. The van der Waals surface area contributed by atoms with Gasteiger partial charge in [0.15, 0.2) is 0 Å². The van der Waals surface area contributed by atoms with E-state index in [0.717, 1.165) is 0 Å². The fourth-order valence-electron chi connectivity index (χ4n) is 6.37. The topological polar surface area (TPSA) is 0 Å². The van der Waals surface area contributed by atoms with E-state index in [0.29, 0.717) is 0 Å². The van der Waals surface area contributed by atoms with Gasteiger partial charge in [0.05, 0.1) is 0 Å². The maximum absolute atomic E-state index is 2.29. The van der Waals surface area contributed by atoms with Gasteiger partial charge in [-0.1, -0.05) is 152 Å². The highest BCUT2D eigenvalue weighted by Gasteiger charge is 2.17. The number of hydrogen-bond donors (Lipinski definition) is 0. The molecule has 8 aromatic carbocycles. The first kappa shape index (κ1) is 24.9. The monoisotopic (exact) mass is 517 g/mol. The molecule has 189 valence electrons. The minimum Gasteiger partial charge on any atom is -0.0616 e. The molecule has 0 bridgehead atoms. The van der Waals surface area contributed by atoms with Gasteiger partial charge in [-0.15, -0.1) is 0 Å². The van der Waals surface area contributed by atoms with E-state index in [1.54, 1.807) is 0 Å². The van der Waals surface area contributed by atoms with Gasteiger partial charge in [0, 0.05) is 8.41 Å². The molecule has 0 fully saturated rings. The lowest BCUT2D eigenvalue weighted by molar-refractivity contribution is 1.63. The molecule has 0 amide bonds. The van der Waals surface area contributed by atoms with Crippen LogP contribution >= 0.6 is 0 Å². The molecule has 0 unspecified atom stereocenters. The summed E-state index contributed by atoms with van der Waals surface area (Å²) in [4.78, 5) is 0. The summed E-state index contributed by atoms with van der Waals surface area (Å²) in [5.41, 5.74) is 7.59. The van der Waals surface area contributed by atoms with Crippen LogP contribution in [0, 0.1) is 0 Å². The molecule has 0 aromatic heterocycles. The number of hydrogen-bond acceptors (Lipinski definition) is 0. The Morgan fingerprint density at radius 1 is 0.268 bits per heavy atom. The van der Waals surface area contributed by atoms with Crippen molar-refractivity contribution in [2.75, 3.05) is 0 Å². The standard InChI is InChI=1S/C40H26.B/c1-2-12-31-26-32(25-22-27(31)10-1)28-20-23-30(24-21-28)39-35-15-5-7-17-37(35)40(38-18-8-6-16-36(38)39)34-19-9-13-29-11-3-4-14-33(29)34;/h1-26H;. The molecule has 0 nitrogen and oxygen atoms in total. The van der Waals surface area contributed by atoms with Crippen molar-refractivity contribution in [1.29, 1.82) is 0 Å². The summed E-state index contributed by atoms with van der Waals surface area (Å²) in [7, 11) is 0. The summed E-state index contributed by atoms with van der Waals surface area (Å²) >= 11 is 0. The molecule has 41 heavy (non-hydrogen) atoms. The van der Waals surface area contributed by atoms with Gasteiger partial charge in [0.1, 0.15) is 0 Å². The van der Waals surface area contributed by atoms with Crippen LogP contribution in [0.25, 0.3) is 76.5 Å². The molecule has 0 spiro atoms. The highest BCUT2D eigenvalue weighted by atomic mass is 14.2. The van der Waals surface area contributed by atoms with Crippen LogP contribution in [0.2, 0.25) is 0 Å². The van der Waals surface area contributed by atoms with Crippen LogP contribution in [-0.2, 0) is 0 Å². The van der Waals surface area contributed by atoms with Crippen LogP contribution in [0.4, 0.5) is 0 Å². The normalized spacial score (nSPS) is 11.2. The SMILES string of the molecule is [B].c1ccc2cc(-c3ccc(-c4c5ccccc5c(-c5cccc6ccccc56)c5ccccc45)cc3)ccc2c1. The number of rotatable bonds is 3. The second-order valence-electron chi connectivity index (χ2n) is 10.5. The fourth-order valence-corrected chi connectivity index (χ4v) is 6.37. The lowest BCUT2D eigenvalue weighted by Gasteiger charge is -2.19. The summed E-state index contributed by atoms with van der Waals surface area (Å²) in [6, 6.07) is 57.5. The first-order valence-corrected chi connectivity index (χ1v) is 13.9. The van der Waals surface area contributed by atoms with Crippen molar-refractivity contribution in [2.45, 2.75) is 0 Å². The van der Waals surface area contributed by atoms with Crippen molar-refractivity contribution in [3.05, 3.63) is 158 Å². The van der Waals surface area contributed by atoms with Crippen molar-refractivity contribution in [3.63, 3.8) is 0 Å². The van der Waals surface area contributed by atoms with Gasteiger partial charge in [0.2, 0.25) is 0 Å².